The van der Waals surface area contributed by atoms with Crippen molar-refractivity contribution in [2.45, 2.75) is 0 Å². The summed E-state index contributed by atoms with van der Waals surface area (Å²) in [6.07, 6.45) is 1.33. The predicted octanol–water partition coefficient (Wildman–Crippen LogP) is 1.14. The van der Waals surface area contributed by atoms with Crippen LogP contribution in [0.1, 0.15) is 20.7 Å². The van der Waals surface area contributed by atoms with Crippen molar-refractivity contribution in [1.29, 1.82) is 0 Å². The Kier molecular flexibility index (Phi) is 4.18. The molecule has 0 aliphatic rings. The van der Waals surface area contributed by atoms with Gasteiger partial charge in [0.15, 0.2) is 6.29 Å². The Hall–Kier alpha value is -1.19. The van der Waals surface area contributed by atoms with Crippen LogP contribution in [0.4, 0.5) is 0 Å². The van der Waals surface area contributed by atoms with Gasteiger partial charge < -0.3 is 5.48 Å². The molecule has 0 aromatic heterocycles. The molecule has 0 radical (unpaired) electrons. The smallest absolute Gasteiger partial charge is 0.151 e. The molecule has 4 heteroatoms. The first kappa shape index (κ1) is 10.8. The maximum Gasteiger partial charge on any atom is 0.151 e. The molecule has 0 amide bonds. The topological polar surface area (TPSA) is 65.6 Å². The maximum absolute atomic E-state index is 10.3. The largest absolute Gasteiger partial charge is 0.412 e. The van der Waals surface area contributed by atoms with E-state index in [0.29, 0.717) is 28.7 Å². The molecule has 0 aliphatic heterocycles. The third-order valence-corrected chi connectivity index (χ3v) is 1.61. The van der Waals surface area contributed by atoms with Gasteiger partial charge in [0.05, 0.1) is 5.02 Å². The Labute approximate surface area is 74.3 Å². The molecule has 0 unspecified atom stereocenters. The first-order valence-electron chi connectivity index (χ1n) is 2.98. The fraction of sp³-hybridized carbons (Fsp3) is 0. The number of carbonyl (C=O) groups excluding carboxylic acids is 2. The Morgan fingerprint density at radius 1 is 1.17 bits per heavy atom. The summed E-state index contributed by atoms with van der Waals surface area (Å²) in [6.45, 7) is 0. The van der Waals surface area contributed by atoms with E-state index in [-0.39, 0.29) is 5.48 Å². The maximum atomic E-state index is 10.3. The van der Waals surface area contributed by atoms with E-state index in [1.165, 1.54) is 12.1 Å². The third kappa shape index (κ3) is 2.15. The number of benzene rings is 1. The number of halogens is 1. The Balaban J connectivity index is 0.00000121. The molecule has 0 spiro atoms. The second-order valence-corrected chi connectivity index (χ2v) is 2.42. The first-order chi connectivity index (χ1) is 5.27. The molecule has 0 saturated carbocycles. The minimum atomic E-state index is 0. The van der Waals surface area contributed by atoms with Gasteiger partial charge in [0.1, 0.15) is 6.29 Å². The van der Waals surface area contributed by atoms with Crippen LogP contribution in [0.25, 0.3) is 0 Å². The second-order valence-electron chi connectivity index (χ2n) is 2.02. The van der Waals surface area contributed by atoms with E-state index in [9.17, 15) is 9.59 Å². The van der Waals surface area contributed by atoms with E-state index in [1.807, 2.05) is 0 Å². The SMILES string of the molecule is O.O=Cc1ccc(C=O)c(Cl)c1. The average Bonchev–Trinajstić information content (AvgIpc) is 2.04. The van der Waals surface area contributed by atoms with Gasteiger partial charge in [0, 0.05) is 11.1 Å². The van der Waals surface area contributed by atoms with Crippen LogP contribution in [0.3, 0.4) is 0 Å². The van der Waals surface area contributed by atoms with Crippen LogP contribution in [-0.2, 0) is 0 Å². The van der Waals surface area contributed by atoms with E-state index in [0.717, 1.165) is 0 Å². The molecular formula is C8H7ClO3. The number of hydrogen-bond donors (Lipinski definition) is 0. The summed E-state index contributed by atoms with van der Waals surface area (Å²) in [5.41, 5.74) is 0.873. The molecule has 0 fully saturated rings. The fourth-order valence-electron chi connectivity index (χ4n) is 0.712. The summed E-state index contributed by atoms with van der Waals surface area (Å²) in [6, 6.07) is 4.51. The molecule has 0 bridgehead atoms. The number of aldehydes is 2. The highest BCUT2D eigenvalue weighted by Gasteiger charge is 1.98. The van der Waals surface area contributed by atoms with Crippen molar-refractivity contribution in [3.63, 3.8) is 0 Å². The summed E-state index contributed by atoms with van der Waals surface area (Å²) >= 11 is 5.62. The zero-order chi connectivity index (χ0) is 8.27. The zero-order valence-electron chi connectivity index (χ0n) is 6.08. The minimum absolute atomic E-state index is 0. The van der Waals surface area contributed by atoms with Crippen molar-refractivity contribution >= 4 is 24.2 Å². The van der Waals surface area contributed by atoms with Crippen molar-refractivity contribution in [2.24, 2.45) is 0 Å². The van der Waals surface area contributed by atoms with E-state index in [2.05, 4.69) is 0 Å². The lowest BCUT2D eigenvalue weighted by Gasteiger charge is -1.94. The Bertz CT molecular complexity index is 296. The molecular weight excluding hydrogens is 180 g/mol. The van der Waals surface area contributed by atoms with Crippen LogP contribution in [-0.4, -0.2) is 18.0 Å². The van der Waals surface area contributed by atoms with Gasteiger partial charge >= 0.3 is 0 Å². The number of rotatable bonds is 2. The van der Waals surface area contributed by atoms with Crippen molar-refractivity contribution in [3.05, 3.63) is 34.3 Å². The van der Waals surface area contributed by atoms with Crippen molar-refractivity contribution < 1.29 is 15.1 Å². The molecule has 1 aromatic carbocycles. The molecule has 0 aliphatic carbocycles. The quantitative estimate of drug-likeness (QED) is 0.650. The second kappa shape index (κ2) is 4.64. The first-order valence-corrected chi connectivity index (χ1v) is 3.35. The van der Waals surface area contributed by atoms with Crippen LogP contribution in [0.5, 0.6) is 0 Å². The standard InChI is InChI=1S/C8H5ClO2.H2O/c9-8-3-6(4-10)1-2-7(8)5-11;/h1-5H;1H2. The molecule has 3 nitrogen and oxygen atoms in total. The molecule has 2 N–H and O–H groups in total. The van der Waals surface area contributed by atoms with Gasteiger partial charge in [-0.2, -0.15) is 0 Å². The molecule has 0 saturated heterocycles. The average molecular weight is 187 g/mol. The number of carbonyl (C=O) groups is 2. The van der Waals surface area contributed by atoms with Crippen molar-refractivity contribution in [2.75, 3.05) is 0 Å². The van der Waals surface area contributed by atoms with Crippen LogP contribution in [0.15, 0.2) is 18.2 Å². The zero-order valence-corrected chi connectivity index (χ0v) is 6.84. The van der Waals surface area contributed by atoms with Gasteiger partial charge in [0.2, 0.25) is 0 Å². The highest BCUT2D eigenvalue weighted by molar-refractivity contribution is 6.33. The minimum Gasteiger partial charge on any atom is -0.412 e. The monoisotopic (exact) mass is 186 g/mol. The predicted molar refractivity (Wildman–Crippen MR) is 45.8 cm³/mol. The van der Waals surface area contributed by atoms with Crippen LogP contribution >= 0.6 is 11.6 Å². The lowest BCUT2D eigenvalue weighted by molar-refractivity contribution is 0.111. The van der Waals surface area contributed by atoms with Crippen molar-refractivity contribution in [1.82, 2.24) is 0 Å². The summed E-state index contributed by atoms with van der Waals surface area (Å²) < 4.78 is 0. The molecule has 12 heavy (non-hydrogen) atoms. The summed E-state index contributed by atoms with van der Waals surface area (Å²) in [7, 11) is 0. The van der Waals surface area contributed by atoms with Crippen LogP contribution in [0.2, 0.25) is 5.02 Å². The highest BCUT2D eigenvalue weighted by atomic mass is 35.5. The molecule has 1 rings (SSSR count). The van der Waals surface area contributed by atoms with E-state index < -0.39 is 0 Å². The molecule has 1 aromatic rings. The summed E-state index contributed by atoms with van der Waals surface area (Å²) in [4.78, 5) is 20.5. The normalized spacial score (nSPS) is 8.42. The van der Waals surface area contributed by atoms with Gasteiger partial charge in [0.25, 0.3) is 0 Å². The van der Waals surface area contributed by atoms with Gasteiger partial charge in [-0.15, -0.1) is 0 Å². The van der Waals surface area contributed by atoms with Gasteiger partial charge in [-0.3, -0.25) is 9.59 Å². The van der Waals surface area contributed by atoms with E-state index in [4.69, 9.17) is 11.6 Å². The highest BCUT2D eigenvalue weighted by Crippen LogP contribution is 2.14. The molecule has 0 atom stereocenters. The summed E-state index contributed by atoms with van der Waals surface area (Å²) in [5.74, 6) is 0. The van der Waals surface area contributed by atoms with Crippen LogP contribution in [0, 0.1) is 0 Å². The van der Waals surface area contributed by atoms with Crippen molar-refractivity contribution in [3.8, 4) is 0 Å². The number of hydrogen-bond acceptors (Lipinski definition) is 2. The summed E-state index contributed by atoms with van der Waals surface area (Å²) in [5, 5.41) is 0.310. The van der Waals surface area contributed by atoms with Gasteiger partial charge in [-0.1, -0.05) is 17.7 Å². The fourth-order valence-corrected chi connectivity index (χ4v) is 0.946. The Morgan fingerprint density at radius 3 is 2.25 bits per heavy atom. The van der Waals surface area contributed by atoms with Crippen LogP contribution < -0.4 is 0 Å². The van der Waals surface area contributed by atoms with Gasteiger partial charge in [-0.25, -0.2) is 0 Å². The van der Waals surface area contributed by atoms with Gasteiger partial charge in [-0.05, 0) is 12.1 Å². The lowest BCUT2D eigenvalue weighted by atomic mass is 10.2. The third-order valence-electron chi connectivity index (χ3n) is 1.29. The molecule has 0 heterocycles. The van der Waals surface area contributed by atoms with E-state index >= 15 is 0 Å². The Morgan fingerprint density at radius 2 is 1.83 bits per heavy atom. The van der Waals surface area contributed by atoms with E-state index in [1.54, 1.807) is 6.07 Å². The lowest BCUT2D eigenvalue weighted by Crippen LogP contribution is -1.84. The molecule has 64 valence electrons.